The normalized spacial score (nSPS) is 25.3. The highest BCUT2D eigenvalue weighted by atomic mass is 35.5. The van der Waals surface area contributed by atoms with E-state index in [0.717, 1.165) is 12.0 Å². The molecule has 1 saturated heterocycles. The number of carbonyl (C=O) groups is 1. The lowest BCUT2D eigenvalue weighted by atomic mass is 9.83. The van der Waals surface area contributed by atoms with E-state index in [2.05, 4.69) is 0 Å². The summed E-state index contributed by atoms with van der Waals surface area (Å²) in [6.07, 6.45) is 0.742. The van der Waals surface area contributed by atoms with E-state index in [0.29, 0.717) is 9.90 Å². The van der Waals surface area contributed by atoms with Crippen LogP contribution in [0.5, 0.6) is 0 Å². The van der Waals surface area contributed by atoms with Gasteiger partial charge in [-0.2, -0.15) is 0 Å². The van der Waals surface area contributed by atoms with Gasteiger partial charge >= 0.3 is 0 Å². The highest BCUT2D eigenvalue weighted by Crippen LogP contribution is 2.44. The molecule has 2 heterocycles. The maximum absolute atomic E-state index is 12.6. The van der Waals surface area contributed by atoms with Crippen molar-refractivity contribution in [2.45, 2.75) is 52.2 Å². The minimum absolute atomic E-state index is 0.119. The van der Waals surface area contributed by atoms with E-state index in [1.54, 1.807) is 0 Å². The van der Waals surface area contributed by atoms with Gasteiger partial charge in [-0.15, -0.1) is 11.3 Å². The van der Waals surface area contributed by atoms with Crippen molar-refractivity contribution in [1.82, 2.24) is 0 Å². The lowest BCUT2D eigenvalue weighted by Crippen LogP contribution is -2.33. The molecule has 100 valence electrons. The zero-order chi connectivity index (χ0) is 13.7. The number of ketones is 1. The zero-order valence-electron chi connectivity index (χ0n) is 11.5. The predicted octanol–water partition coefficient (Wildman–Crippen LogP) is 4.49. The minimum atomic E-state index is -0.429. The van der Waals surface area contributed by atoms with Gasteiger partial charge in [0.1, 0.15) is 0 Å². The van der Waals surface area contributed by atoms with Gasteiger partial charge in [-0.1, -0.05) is 11.6 Å². The van der Waals surface area contributed by atoms with Gasteiger partial charge in [0.05, 0.1) is 27.0 Å². The second-order valence-electron chi connectivity index (χ2n) is 6.15. The lowest BCUT2D eigenvalue weighted by molar-refractivity contribution is -0.0712. The first-order chi connectivity index (χ1) is 8.14. The van der Waals surface area contributed by atoms with Crippen LogP contribution in [-0.4, -0.2) is 17.0 Å². The number of halogens is 1. The molecule has 2 nitrogen and oxygen atoms in total. The van der Waals surface area contributed by atoms with Crippen molar-refractivity contribution in [2.75, 3.05) is 0 Å². The first-order valence-electron chi connectivity index (χ1n) is 6.12. The fourth-order valence-corrected chi connectivity index (χ4v) is 4.01. The van der Waals surface area contributed by atoms with Crippen LogP contribution in [0.15, 0.2) is 5.38 Å². The molecule has 0 saturated carbocycles. The molecule has 2 rings (SSSR count). The molecule has 1 atom stereocenters. The van der Waals surface area contributed by atoms with Crippen molar-refractivity contribution in [3.05, 3.63) is 20.8 Å². The largest absolute Gasteiger partial charge is 0.369 e. The Morgan fingerprint density at radius 1 is 1.44 bits per heavy atom. The van der Waals surface area contributed by atoms with Gasteiger partial charge in [-0.3, -0.25) is 4.79 Å². The molecular weight excluding hydrogens is 268 g/mol. The highest BCUT2D eigenvalue weighted by Gasteiger charge is 2.49. The van der Waals surface area contributed by atoms with Crippen molar-refractivity contribution < 1.29 is 9.53 Å². The van der Waals surface area contributed by atoms with Gasteiger partial charge in [0.25, 0.3) is 0 Å². The first-order valence-corrected chi connectivity index (χ1v) is 7.38. The summed E-state index contributed by atoms with van der Waals surface area (Å²) in [6.45, 7) is 9.96. The summed E-state index contributed by atoms with van der Waals surface area (Å²) >= 11 is 7.63. The van der Waals surface area contributed by atoms with E-state index >= 15 is 0 Å². The van der Waals surface area contributed by atoms with E-state index in [1.165, 1.54) is 11.3 Å². The zero-order valence-corrected chi connectivity index (χ0v) is 13.0. The molecule has 4 heteroatoms. The van der Waals surface area contributed by atoms with Crippen LogP contribution in [0, 0.1) is 12.8 Å². The summed E-state index contributed by atoms with van der Waals surface area (Å²) in [5.74, 6) is -0.00303. The number of hydrogen-bond donors (Lipinski definition) is 0. The van der Waals surface area contributed by atoms with Crippen LogP contribution in [0.25, 0.3) is 0 Å². The molecule has 18 heavy (non-hydrogen) atoms. The molecule has 0 N–H and O–H groups in total. The first kappa shape index (κ1) is 14.0. The average molecular weight is 287 g/mol. The van der Waals surface area contributed by atoms with Crippen molar-refractivity contribution >= 4 is 28.7 Å². The van der Waals surface area contributed by atoms with E-state index in [-0.39, 0.29) is 17.3 Å². The summed E-state index contributed by atoms with van der Waals surface area (Å²) in [5, 5.41) is 2.54. The van der Waals surface area contributed by atoms with E-state index < -0.39 is 5.60 Å². The molecule has 0 aliphatic carbocycles. The summed E-state index contributed by atoms with van der Waals surface area (Å²) in [4.78, 5) is 13.3. The summed E-state index contributed by atoms with van der Waals surface area (Å²) in [5.41, 5.74) is 0.297. The molecule has 0 bridgehead atoms. The Morgan fingerprint density at radius 2 is 2.06 bits per heavy atom. The van der Waals surface area contributed by atoms with Crippen LogP contribution in [0.4, 0.5) is 0 Å². The monoisotopic (exact) mass is 286 g/mol. The predicted molar refractivity (Wildman–Crippen MR) is 75.7 cm³/mol. The Morgan fingerprint density at radius 3 is 2.44 bits per heavy atom. The van der Waals surface area contributed by atoms with Gasteiger partial charge in [-0.25, -0.2) is 0 Å². The fourth-order valence-electron chi connectivity index (χ4n) is 2.73. The SMILES string of the molecule is Cc1csc(C(=O)C2CC(C)(C)OC2(C)C)c1Cl. The van der Waals surface area contributed by atoms with Crippen molar-refractivity contribution in [3.8, 4) is 0 Å². The van der Waals surface area contributed by atoms with E-state index in [4.69, 9.17) is 16.3 Å². The Hall–Kier alpha value is -0.380. The van der Waals surface area contributed by atoms with Crippen LogP contribution >= 0.6 is 22.9 Å². The Kier molecular flexibility index (Phi) is 3.37. The quantitative estimate of drug-likeness (QED) is 0.749. The molecule has 0 aromatic carbocycles. The standard InChI is InChI=1S/C14H19ClO2S/c1-8-7-18-12(10(8)15)11(16)9-6-13(2,3)17-14(9,4)5/h7,9H,6H2,1-5H3. The van der Waals surface area contributed by atoms with Crippen LogP contribution in [0.1, 0.15) is 49.4 Å². The van der Waals surface area contributed by atoms with Gasteiger partial charge in [0.15, 0.2) is 5.78 Å². The average Bonchev–Trinajstić information content (AvgIpc) is 2.64. The maximum Gasteiger partial charge on any atom is 0.180 e. The lowest BCUT2D eigenvalue weighted by Gasteiger charge is -2.26. The van der Waals surface area contributed by atoms with Crippen LogP contribution in [0.2, 0.25) is 5.02 Å². The fraction of sp³-hybridized carbons (Fsp3) is 0.643. The third-order valence-corrected chi connectivity index (χ3v) is 5.23. The Labute approximate surface area is 117 Å². The molecule has 0 amide bonds. The van der Waals surface area contributed by atoms with Crippen LogP contribution < -0.4 is 0 Å². The maximum atomic E-state index is 12.6. The molecule has 0 spiro atoms. The molecule has 1 aromatic heterocycles. The molecule has 1 unspecified atom stereocenters. The third-order valence-electron chi connectivity index (χ3n) is 3.51. The number of aryl methyl sites for hydroxylation is 1. The van der Waals surface area contributed by atoms with E-state index in [9.17, 15) is 4.79 Å². The Bertz CT molecular complexity index is 488. The van der Waals surface area contributed by atoms with Gasteiger partial charge in [0.2, 0.25) is 0 Å². The third kappa shape index (κ3) is 2.36. The van der Waals surface area contributed by atoms with E-state index in [1.807, 2.05) is 40.0 Å². The minimum Gasteiger partial charge on any atom is -0.369 e. The van der Waals surface area contributed by atoms with Crippen molar-refractivity contribution in [1.29, 1.82) is 0 Å². The molecule has 1 fully saturated rings. The molecule has 1 aliphatic rings. The van der Waals surface area contributed by atoms with Crippen molar-refractivity contribution in [2.24, 2.45) is 5.92 Å². The molecular formula is C14H19ClO2S. The second kappa shape index (κ2) is 4.32. The smallest absolute Gasteiger partial charge is 0.180 e. The second-order valence-corrected chi connectivity index (χ2v) is 7.41. The van der Waals surface area contributed by atoms with Crippen LogP contribution in [-0.2, 0) is 4.74 Å². The number of rotatable bonds is 2. The summed E-state index contributed by atoms with van der Waals surface area (Å²) < 4.78 is 5.98. The topological polar surface area (TPSA) is 26.3 Å². The highest BCUT2D eigenvalue weighted by molar-refractivity contribution is 7.13. The van der Waals surface area contributed by atoms with Gasteiger partial charge in [-0.05, 0) is 52.0 Å². The van der Waals surface area contributed by atoms with Crippen LogP contribution in [0.3, 0.4) is 0 Å². The van der Waals surface area contributed by atoms with Gasteiger partial charge < -0.3 is 4.74 Å². The Balaban J connectivity index is 2.33. The summed E-state index contributed by atoms with van der Waals surface area (Å²) in [7, 11) is 0. The molecule has 1 aromatic rings. The number of hydrogen-bond acceptors (Lipinski definition) is 3. The number of ether oxygens (including phenoxy) is 1. The number of thiophene rings is 1. The number of carbonyl (C=O) groups excluding carboxylic acids is 1. The molecule has 1 aliphatic heterocycles. The number of Topliss-reactive ketones (excluding diaryl/α,β-unsaturated/α-hetero) is 1. The molecule has 0 radical (unpaired) electrons. The summed E-state index contributed by atoms with van der Waals surface area (Å²) in [6, 6.07) is 0. The van der Waals surface area contributed by atoms with Gasteiger partial charge in [0, 0.05) is 0 Å². The van der Waals surface area contributed by atoms with Crippen molar-refractivity contribution in [3.63, 3.8) is 0 Å².